The summed E-state index contributed by atoms with van der Waals surface area (Å²) in [5.41, 5.74) is 0.814. The molecule has 1 aliphatic rings. The van der Waals surface area contributed by atoms with Crippen LogP contribution in [-0.4, -0.2) is 51.0 Å². The summed E-state index contributed by atoms with van der Waals surface area (Å²) in [5.74, 6) is 0.220. The third kappa shape index (κ3) is 3.63. The van der Waals surface area contributed by atoms with Crippen LogP contribution in [0.1, 0.15) is 41.4 Å². The molecule has 1 aliphatic carbocycles. The Morgan fingerprint density at radius 1 is 1.24 bits per heavy atom. The van der Waals surface area contributed by atoms with Crippen molar-refractivity contribution in [1.29, 1.82) is 0 Å². The summed E-state index contributed by atoms with van der Waals surface area (Å²) in [7, 11) is 0.0741. The SMILES string of the molecule is CCS(=O)c1nn2c(C)c(C(=O)NC3CC3)cnc2c1-c1nc2cc(C(F)(F)F)cnc2n1C. The number of aromatic nitrogens is 6. The Morgan fingerprint density at radius 3 is 2.59 bits per heavy atom. The van der Waals surface area contributed by atoms with Gasteiger partial charge in [-0.05, 0) is 25.8 Å². The first kappa shape index (κ1) is 22.4. The van der Waals surface area contributed by atoms with Gasteiger partial charge < -0.3 is 9.88 Å². The first-order chi connectivity index (χ1) is 16.1. The second-order valence-electron chi connectivity index (χ2n) is 8.11. The Labute approximate surface area is 193 Å². The van der Waals surface area contributed by atoms with Gasteiger partial charge in [0.2, 0.25) is 0 Å². The lowest BCUT2D eigenvalue weighted by molar-refractivity contribution is -0.137. The molecule has 0 radical (unpaired) electrons. The van der Waals surface area contributed by atoms with E-state index in [-0.39, 0.29) is 39.7 Å². The number of nitrogens with one attached hydrogen (secondary N) is 1. The van der Waals surface area contributed by atoms with Gasteiger partial charge in [0.05, 0.1) is 33.2 Å². The molecule has 9 nitrogen and oxygen atoms in total. The van der Waals surface area contributed by atoms with Crippen molar-refractivity contribution in [2.75, 3.05) is 5.75 Å². The average Bonchev–Trinajstić information content (AvgIpc) is 3.43. The third-order valence-electron chi connectivity index (χ3n) is 5.75. The van der Waals surface area contributed by atoms with Crippen molar-refractivity contribution in [3.05, 3.63) is 35.3 Å². The topological polar surface area (TPSA) is 107 Å². The lowest BCUT2D eigenvalue weighted by Gasteiger charge is -2.08. The lowest BCUT2D eigenvalue weighted by atomic mass is 10.2. The fourth-order valence-electron chi connectivity index (χ4n) is 3.74. The normalized spacial score (nSPS) is 15.2. The molecule has 0 saturated heterocycles. The van der Waals surface area contributed by atoms with Gasteiger partial charge >= 0.3 is 6.18 Å². The number of hydrogen-bond donors (Lipinski definition) is 1. The first-order valence-corrected chi connectivity index (χ1v) is 11.9. The van der Waals surface area contributed by atoms with Crippen LogP contribution in [0.2, 0.25) is 0 Å². The number of rotatable bonds is 5. The summed E-state index contributed by atoms with van der Waals surface area (Å²) in [5, 5.41) is 7.58. The monoisotopic (exact) mass is 491 g/mol. The lowest BCUT2D eigenvalue weighted by Crippen LogP contribution is -2.27. The van der Waals surface area contributed by atoms with Crippen molar-refractivity contribution >= 4 is 33.5 Å². The second-order valence-corrected chi connectivity index (χ2v) is 9.77. The van der Waals surface area contributed by atoms with Crippen molar-refractivity contribution in [3.8, 4) is 11.4 Å². The zero-order valence-electron chi connectivity index (χ0n) is 18.5. The summed E-state index contributed by atoms with van der Waals surface area (Å²) in [6, 6.07) is 1.08. The van der Waals surface area contributed by atoms with Crippen LogP contribution < -0.4 is 5.32 Å². The molecule has 0 aromatic carbocycles. The maximum Gasteiger partial charge on any atom is 0.417 e. The molecule has 178 valence electrons. The molecular formula is C21H20F3N7O2S. The zero-order chi connectivity index (χ0) is 24.4. The van der Waals surface area contributed by atoms with E-state index in [1.807, 2.05) is 0 Å². The summed E-state index contributed by atoms with van der Waals surface area (Å²) in [4.78, 5) is 25.4. The van der Waals surface area contributed by atoms with E-state index < -0.39 is 22.5 Å². The highest BCUT2D eigenvalue weighted by Crippen LogP contribution is 2.34. The van der Waals surface area contributed by atoms with E-state index in [0.717, 1.165) is 25.1 Å². The predicted octanol–water partition coefficient (Wildman–Crippen LogP) is 3.02. The van der Waals surface area contributed by atoms with Crippen LogP contribution in [0.4, 0.5) is 13.2 Å². The number of alkyl halides is 3. The summed E-state index contributed by atoms with van der Waals surface area (Å²) < 4.78 is 55.4. The molecule has 0 bridgehead atoms. The van der Waals surface area contributed by atoms with Crippen LogP contribution >= 0.6 is 0 Å². The maximum absolute atomic E-state index is 13.2. The number of fused-ring (bicyclic) bond motifs is 2. The average molecular weight is 491 g/mol. The molecule has 4 heterocycles. The van der Waals surface area contributed by atoms with E-state index in [0.29, 0.717) is 22.5 Å². The van der Waals surface area contributed by atoms with Gasteiger partial charge in [-0.3, -0.25) is 9.00 Å². The number of halogens is 3. The number of imidazole rings is 1. The molecule has 0 spiro atoms. The van der Waals surface area contributed by atoms with Gasteiger partial charge in [-0.15, -0.1) is 0 Å². The van der Waals surface area contributed by atoms with Crippen molar-refractivity contribution in [3.63, 3.8) is 0 Å². The Morgan fingerprint density at radius 2 is 1.94 bits per heavy atom. The Hall–Kier alpha value is -3.35. The molecule has 1 fully saturated rings. The van der Waals surface area contributed by atoms with Gasteiger partial charge in [-0.1, -0.05) is 6.92 Å². The van der Waals surface area contributed by atoms with Crippen LogP contribution in [0.25, 0.3) is 28.2 Å². The van der Waals surface area contributed by atoms with Gasteiger partial charge in [0.1, 0.15) is 11.3 Å². The van der Waals surface area contributed by atoms with Crippen molar-refractivity contribution in [1.82, 2.24) is 34.4 Å². The molecule has 34 heavy (non-hydrogen) atoms. The van der Waals surface area contributed by atoms with E-state index in [4.69, 9.17) is 0 Å². The quantitative estimate of drug-likeness (QED) is 0.460. The zero-order valence-corrected chi connectivity index (χ0v) is 19.3. The van der Waals surface area contributed by atoms with Crippen molar-refractivity contribution in [2.24, 2.45) is 7.05 Å². The minimum absolute atomic E-state index is 0.0389. The number of carbonyl (C=O) groups is 1. The summed E-state index contributed by atoms with van der Waals surface area (Å²) in [6.45, 7) is 3.43. The van der Waals surface area contributed by atoms with Crippen LogP contribution in [0, 0.1) is 6.92 Å². The minimum atomic E-state index is -4.56. The second kappa shape index (κ2) is 7.86. The molecule has 4 aromatic heterocycles. The molecule has 1 atom stereocenters. The van der Waals surface area contributed by atoms with Crippen LogP contribution in [0.15, 0.2) is 23.5 Å². The van der Waals surface area contributed by atoms with E-state index in [9.17, 15) is 22.2 Å². The van der Waals surface area contributed by atoms with E-state index in [1.165, 1.54) is 15.3 Å². The molecule has 1 unspecified atom stereocenters. The Bertz CT molecular complexity index is 1490. The third-order valence-corrected chi connectivity index (χ3v) is 6.99. The molecule has 0 aliphatic heterocycles. The van der Waals surface area contributed by atoms with E-state index >= 15 is 0 Å². The molecule has 13 heteroatoms. The number of pyridine rings is 1. The van der Waals surface area contributed by atoms with Gasteiger partial charge in [-0.25, -0.2) is 19.5 Å². The Balaban J connectivity index is 1.72. The number of hydrogen-bond acceptors (Lipinski definition) is 6. The number of amides is 1. The number of aryl methyl sites for hydroxylation is 2. The molecule has 1 saturated carbocycles. The first-order valence-electron chi connectivity index (χ1n) is 10.6. The van der Waals surface area contributed by atoms with Gasteiger partial charge in [-0.2, -0.15) is 18.3 Å². The number of nitrogens with zero attached hydrogens (tertiary/aromatic N) is 6. The smallest absolute Gasteiger partial charge is 0.349 e. The predicted molar refractivity (Wildman–Crippen MR) is 118 cm³/mol. The highest BCUT2D eigenvalue weighted by molar-refractivity contribution is 7.85. The molecule has 4 aromatic rings. The molecule has 1 N–H and O–H groups in total. The fourth-order valence-corrected chi connectivity index (χ4v) is 4.59. The molecule has 1 amide bonds. The Kier molecular flexibility index (Phi) is 5.19. The highest BCUT2D eigenvalue weighted by atomic mass is 32.2. The van der Waals surface area contributed by atoms with Crippen LogP contribution in [0.3, 0.4) is 0 Å². The number of carbonyl (C=O) groups excluding carboxylic acids is 1. The van der Waals surface area contributed by atoms with Crippen molar-refractivity contribution < 1.29 is 22.2 Å². The van der Waals surface area contributed by atoms with E-state index in [2.05, 4.69) is 25.4 Å². The van der Waals surface area contributed by atoms with Gasteiger partial charge in [0, 0.05) is 31.2 Å². The van der Waals surface area contributed by atoms with Crippen LogP contribution in [-0.2, 0) is 24.0 Å². The molecule has 5 rings (SSSR count). The molecular weight excluding hydrogens is 471 g/mol. The largest absolute Gasteiger partial charge is 0.417 e. The summed E-state index contributed by atoms with van der Waals surface area (Å²) in [6.07, 6.45) is -0.517. The summed E-state index contributed by atoms with van der Waals surface area (Å²) >= 11 is 0. The van der Waals surface area contributed by atoms with Gasteiger partial charge in [0.25, 0.3) is 5.91 Å². The van der Waals surface area contributed by atoms with Crippen molar-refractivity contribution in [2.45, 2.75) is 43.9 Å². The fraction of sp³-hybridized carbons (Fsp3) is 0.381. The standard InChI is InChI=1S/C21H20F3N7O2S/c1-4-34(33)20-15(18-28-14-7-11(21(22,23)24)8-25-16(14)30(18)3)17-26-9-13(10(2)31(17)29-20)19(32)27-12-5-6-12/h7-9,12H,4-6H2,1-3H3,(H,27,32). The minimum Gasteiger partial charge on any atom is -0.349 e. The highest BCUT2D eigenvalue weighted by Gasteiger charge is 2.33. The van der Waals surface area contributed by atoms with Gasteiger partial charge in [0.15, 0.2) is 16.3 Å². The maximum atomic E-state index is 13.2. The van der Waals surface area contributed by atoms with E-state index in [1.54, 1.807) is 20.9 Å². The van der Waals surface area contributed by atoms with Crippen LogP contribution in [0.5, 0.6) is 0 Å².